The summed E-state index contributed by atoms with van der Waals surface area (Å²) in [5.41, 5.74) is 0.611. The molecule has 1 aliphatic rings. The third kappa shape index (κ3) is 4.25. The summed E-state index contributed by atoms with van der Waals surface area (Å²) in [7, 11) is 0. The van der Waals surface area contributed by atoms with Gasteiger partial charge in [0.05, 0.1) is 13.2 Å². The van der Waals surface area contributed by atoms with Gasteiger partial charge in [0, 0.05) is 32.6 Å². The predicted molar refractivity (Wildman–Crippen MR) is 76.9 cm³/mol. The Labute approximate surface area is 119 Å². The number of ether oxygens (including phenoxy) is 1. The molecule has 106 valence electrons. The molecule has 0 atom stereocenters. The monoisotopic (exact) mass is 273 g/mol. The van der Waals surface area contributed by atoms with Gasteiger partial charge < -0.3 is 15.0 Å². The first kappa shape index (κ1) is 14.4. The van der Waals surface area contributed by atoms with Gasteiger partial charge in [-0.1, -0.05) is 12.1 Å². The van der Waals surface area contributed by atoms with Gasteiger partial charge in [-0.3, -0.25) is 4.79 Å². The molecule has 2 rings (SSSR count). The molecule has 1 aliphatic heterocycles. The zero-order chi connectivity index (χ0) is 14.2. The lowest BCUT2D eigenvalue weighted by molar-refractivity contribution is -0.130. The van der Waals surface area contributed by atoms with Crippen molar-refractivity contribution >= 4 is 11.6 Å². The summed E-state index contributed by atoms with van der Waals surface area (Å²) < 4.78 is 5.61. The molecule has 20 heavy (non-hydrogen) atoms. The van der Waals surface area contributed by atoms with Crippen LogP contribution in [0, 0.1) is 6.57 Å². The third-order valence-corrected chi connectivity index (χ3v) is 3.23. The van der Waals surface area contributed by atoms with Gasteiger partial charge in [-0.15, -0.1) is 0 Å². The molecule has 0 spiro atoms. The molecule has 0 saturated carbocycles. The van der Waals surface area contributed by atoms with E-state index >= 15 is 0 Å². The highest BCUT2D eigenvalue weighted by atomic mass is 16.5. The molecule has 0 aliphatic carbocycles. The van der Waals surface area contributed by atoms with Crippen molar-refractivity contribution in [3.63, 3.8) is 0 Å². The first-order valence-corrected chi connectivity index (χ1v) is 6.88. The highest BCUT2D eigenvalue weighted by Gasteiger charge is 2.15. The van der Waals surface area contributed by atoms with Crippen LogP contribution in [0.3, 0.4) is 0 Å². The predicted octanol–water partition coefficient (Wildman–Crippen LogP) is 1.83. The Hall–Kier alpha value is -2.06. The van der Waals surface area contributed by atoms with Crippen LogP contribution in [0.1, 0.15) is 12.8 Å². The van der Waals surface area contributed by atoms with Crippen LogP contribution >= 0.6 is 0 Å². The van der Waals surface area contributed by atoms with Crippen LogP contribution in [0.15, 0.2) is 24.3 Å². The number of carbonyl (C=O) groups excluding carboxylic acids is 1. The molecule has 1 saturated heterocycles. The van der Waals surface area contributed by atoms with Crippen LogP contribution in [0.2, 0.25) is 0 Å². The van der Waals surface area contributed by atoms with E-state index in [1.807, 2.05) is 4.90 Å². The lowest BCUT2D eigenvalue weighted by atomic mass is 10.3. The molecular formula is C15H19N3O2. The summed E-state index contributed by atoms with van der Waals surface area (Å²) in [6.45, 7) is 10.6. The first-order valence-electron chi connectivity index (χ1n) is 6.88. The van der Waals surface area contributed by atoms with Crippen LogP contribution in [0.4, 0.5) is 5.69 Å². The summed E-state index contributed by atoms with van der Waals surface area (Å²) >= 11 is 0. The number of amides is 1. The van der Waals surface area contributed by atoms with E-state index in [9.17, 15) is 4.79 Å². The van der Waals surface area contributed by atoms with Gasteiger partial charge in [0.25, 0.3) is 0 Å². The average Bonchev–Trinajstić information content (AvgIpc) is 2.69. The van der Waals surface area contributed by atoms with E-state index < -0.39 is 0 Å². The van der Waals surface area contributed by atoms with E-state index in [4.69, 9.17) is 11.3 Å². The van der Waals surface area contributed by atoms with Gasteiger partial charge in [-0.2, -0.15) is 0 Å². The Morgan fingerprint density at radius 2 is 2.10 bits per heavy atom. The van der Waals surface area contributed by atoms with Crippen LogP contribution < -0.4 is 10.1 Å². The van der Waals surface area contributed by atoms with Gasteiger partial charge >= 0.3 is 0 Å². The van der Waals surface area contributed by atoms with E-state index in [1.54, 1.807) is 24.3 Å². The fourth-order valence-electron chi connectivity index (χ4n) is 2.12. The number of hydrogen-bond acceptors (Lipinski definition) is 3. The second-order valence-electron chi connectivity index (χ2n) is 4.69. The number of nitrogens with one attached hydrogen (secondary N) is 1. The molecule has 5 heteroatoms. The van der Waals surface area contributed by atoms with Gasteiger partial charge in [0.15, 0.2) is 5.69 Å². The van der Waals surface area contributed by atoms with E-state index in [0.717, 1.165) is 38.3 Å². The van der Waals surface area contributed by atoms with Gasteiger partial charge in [-0.05, 0) is 18.6 Å². The van der Waals surface area contributed by atoms with Crippen molar-refractivity contribution in [2.24, 2.45) is 0 Å². The number of carbonyl (C=O) groups is 1. The molecule has 1 heterocycles. The molecule has 0 radical (unpaired) electrons. The number of nitrogens with zero attached hydrogens (tertiary/aromatic N) is 2. The average molecular weight is 273 g/mol. The Morgan fingerprint density at radius 3 is 2.85 bits per heavy atom. The number of rotatable bonds is 5. The van der Waals surface area contributed by atoms with Gasteiger partial charge in [0.1, 0.15) is 5.75 Å². The van der Waals surface area contributed by atoms with Crippen molar-refractivity contribution in [3.05, 3.63) is 35.7 Å². The molecule has 0 bridgehead atoms. The highest BCUT2D eigenvalue weighted by Crippen LogP contribution is 2.17. The fourth-order valence-corrected chi connectivity index (χ4v) is 2.12. The van der Waals surface area contributed by atoms with Crippen LogP contribution in [0.5, 0.6) is 5.75 Å². The quantitative estimate of drug-likeness (QED) is 0.657. The zero-order valence-corrected chi connectivity index (χ0v) is 11.5. The first-order chi connectivity index (χ1) is 9.79. The molecule has 1 fully saturated rings. The van der Waals surface area contributed by atoms with E-state index in [1.165, 1.54) is 0 Å². The molecule has 1 aromatic carbocycles. The number of benzene rings is 1. The molecule has 0 unspecified atom stereocenters. The molecule has 5 nitrogen and oxygen atoms in total. The molecule has 1 aromatic rings. The fraction of sp³-hybridized carbons (Fsp3) is 0.467. The maximum absolute atomic E-state index is 11.8. The Bertz CT molecular complexity index is 479. The maximum Gasteiger partial charge on any atom is 0.223 e. The van der Waals surface area contributed by atoms with Crippen molar-refractivity contribution in [2.75, 3.05) is 32.8 Å². The third-order valence-electron chi connectivity index (χ3n) is 3.23. The molecular weight excluding hydrogens is 254 g/mol. The minimum atomic E-state index is 0.219. The summed E-state index contributed by atoms with van der Waals surface area (Å²) in [5.74, 6) is 0.984. The zero-order valence-electron chi connectivity index (χ0n) is 11.5. The van der Waals surface area contributed by atoms with E-state index in [2.05, 4.69) is 10.2 Å². The minimum Gasteiger partial charge on any atom is -0.494 e. The molecule has 0 aromatic heterocycles. The summed E-state index contributed by atoms with van der Waals surface area (Å²) in [5, 5.41) is 3.22. The van der Waals surface area contributed by atoms with Crippen molar-refractivity contribution in [1.29, 1.82) is 0 Å². The van der Waals surface area contributed by atoms with E-state index in [-0.39, 0.29) is 5.91 Å². The molecule has 1 amide bonds. The van der Waals surface area contributed by atoms with Crippen molar-refractivity contribution in [2.45, 2.75) is 12.8 Å². The Morgan fingerprint density at radius 1 is 1.30 bits per heavy atom. The van der Waals surface area contributed by atoms with Crippen molar-refractivity contribution < 1.29 is 9.53 Å². The SMILES string of the molecule is [C-]#[N+]c1ccc(OCCCN2CCNCCC2=O)cc1. The lowest BCUT2D eigenvalue weighted by Crippen LogP contribution is -2.33. The smallest absolute Gasteiger partial charge is 0.223 e. The number of hydrogen-bond donors (Lipinski definition) is 1. The van der Waals surface area contributed by atoms with Crippen molar-refractivity contribution in [3.8, 4) is 5.75 Å². The Kier molecular flexibility index (Phi) is 5.39. The molecule has 1 N–H and O–H groups in total. The van der Waals surface area contributed by atoms with Crippen LogP contribution in [-0.4, -0.2) is 43.6 Å². The van der Waals surface area contributed by atoms with Crippen molar-refractivity contribution in [1.82, 2.24) is 10.2 Å². The van der Waals surface area contributed by atoms with Crippen LogP contribution in [0.25, 0.3) is 4.85 Å². The second kappa shape index (κ2) is 7.51. The standard InChI is InChI=1S/C15H19N3O2/c1-16-13-3-5-14(6-4-13)20-12-2-10-18-11-9-17-8-7-15(18)19/h3-6,17H,2,7-12H2. The van der Waals surface area contributed by atoms with E-state index in [0.29, 0.717) is 18.7 Å². The van der Waals surface area contributed by atoms with Crippen LogP contribution in [-0.2, 0) is 4.79 Å². The maximum atomic E-state index is 11.8. The normalized spacial score (nSPS) is 15.6. The summed E-state index contributed by atoms with van der Waals surface area (Å²) in [6.07, 6.45) is 1.40. The second-order valence-corrected chi connectivity index (χ2v) is 4.69. The van der Waals surface area contributed by atoms with Gasteiger partial charge in [-0.25, -0.2) is 4.85 Å². The lowest BCUT2D eigenvalue weighted by Gasteiger charge is -2.20. The highest BCUT2D eigenvalue weighted by molar-refractivity contribution is 5.76. The summed E-state index contributed by atoms with van der Waals surface area (Å²) in [6, 6.07) is 7.08. The Balaban J connectivity index is 1.70. The summed E-state index contributed by atoms with van der Waals surface area (Å²) in [4.78, 5) is 17.0. The van der Waals surface area contributed by atoms with Gasteiger partial charge in [0.2, 0.25) is 5.91 Å². The largest absolute Gasteiger partial charge is 0.494 e. The topological polar surface area (TPSA) is 45.9 Å². The minimum absolute atomic E-state index is 0.219.